The van der Waals surface area contributed by atoms with E-state index in [1.54, 1.807) is 0 Å². The number of rotatable bonds is 3. The molecule has 0 aromatic heterocycles. The molecule has 2 rings (SSSR count). The van der Waals surface area contributed by atoms with Gasteiger partial charge < -0.3 is 10.6 Å². The van der Waals surface area contributed by atoms with E-state index in [1.807, 2.05) is 16.7 Å². The van der Waals surface area contributed by atoms with Crippen molar-refractivity contribution in [3.63, 3.8) is 0 Å². The van der Waals surface area contributed by atoms with Crippen molar-refractivity contribution >= 4 is 34.9 Å². The Morgan fingerprint density at radius 1 is 1.39 bits per heavy atom. The normalized spacial score (nSPS) is 33.0. The largest absolute Gasteiger partial charge is 0.392 e. The summed E-state index contributed by atoms with van der Waals surface area (Å²) in [6, 6.07) is 0. The van der Waals surface area contributed by atoms with E-state index in [2.05, 4.69) is 13.2 Å². The molecule has 1 amide bonds. The molecule has 0 unspecified atom stereocenters. The highest BCUT2D eigenvalue weighted by molar-refractivity contribution is 7.99. The van der Waals surface area contributed by atoms with Crippen LogP contribution >= 0.6 is 24.0 Å². The van der Waals surface area contributed by atoms with Gasteiger partial charge in [-0.3, -0.25) is 4.79 Å². The van der Waals surface area contributed by atoms with Gasteiger partial charge in [-0.25, -0.2) is 0 Å². The van der Waals surface area contributed by atoms with Crippen molar-refractivity contribution in [2.45, 2.75) is 37.9 Å². The Hall–Kier alpha value is -0.290. The molecule has 0 bridgehead atoms. The Morgan fingerprint density at radius 2 is 1.94 bits per heavy atom. The van der Waals surface area contributed by atoms with Gasteiger partial charge in [-0.1, -0.05) is 19.1 Å². The number of hydrogen-bond donors (Lipinski definition) is 1. The number of thioether (sulfide) groups is 1. The van der Waals surface area contributed by atoms with Crippen molar-refractivity contribution in [2.24, 2.45) is 17.1 Å². The summed E-state index contributed by atoms with van der Waals surface area (Å²) in [5.74, 6) is 0.756. The van der Waals surface area contributed by atoms with Crippen LogP contribution in [0.5, 0.6) is 0 Å². The molecule has 2 fully saturated rings. The second-order valence-electron chi connectivity index (χ2n) is 5.69. The first-order chi connectivity index (χ1) is 8.49. The fourth-order valence-electron chi connectivity index (χ4n) is 3.21. The molecule has 1 aliphatic carbocycles. The van der Waals surface area contributed by atoms with Crippen LogP contribution in [0.1, 0.15) is 32.6 Å². The van der Waals surface area contributed by atoms with Crippen LogP contribution in [0.2, 0.25) is 0 Å². The lowest BCUT2D eigenvalue weighted by Gasteiger charge is -2.47. The molecule has 0 aromatic rings. The molecule has 0 radical (unpaired) electrons. The minimum Gasteiger partial charge on any atom is -0.392 e. The summed E-state index contributed by atoms with van der Waals surface area (Å²) in [4.78, 5) is 15.0. The first-order valence-corrected chi connectivity index (χ1v) is 8.31. The summed E-state index contributed by atoms with van der Waals surface area (Å²) in [7, 11) is 0. The number of likely N-dealkylation sites (tertiary alicyclic amines) is 1. The molecule has 3 nitrogen and oxygen atoms in total. The Balaban J connectivity index is 2.01. The van der Waals surface area contributed by atoms with Crippen molar-refractivity contribution < 1.29 is 4.79 Å². The third-order valence-electron chi connectivity index (χ3n) is 4.34. The quantitative estimate of drug-likeness (QED) is 0.807. The summed E-state index contributed by atoms with van der Waals surface area (Å²) < 4.78 is 0. The highest BCUT2D eigenvalue weighted by atomic mass is 32.2. The lowest BCUT2D eigenvalue weighted by atomic mass is 9.61. The smallest absolute Gasteiger partial charge is 0.235 e. The van der Waals surface area contributed by atoms with E-state index >= 15 is 0 Å². The predicted octanol–water partition coefficient (Wildman–Crippen LogP) is 2.04. The van der Waals surface area contributed by atoms with Crippen LogP contribution in [0.3, 0.4) is 0 Å². The van der Waals surface area contributed by atoms with Crippen LogP contribution in [0, 0.1) is 11.3 Å². The number of carbonyl (C=O) groups excluding carboxylic acids is 1. The van der Waals surface area contributed by atoms with Gasteiger partial charge in [-0.15, -0.1) is 0 Å². The van der Waals surface area contributed by atoms with Gasteiger partial charge >= 0.3 is 0 Å². The van der Waals surface area contributed by atoms with Gasteiger partial charge in [0.05, 0.1) is 10.4 Å². The number of piperidine rings is 1. The minimum absolute atomic E-state index is 0.188. The maximum Gasteiger partial charge on any atom is 0.235 e. The standard InChI is InChI=1S/C13H22N2OS2/c1-9-7-13(8-9,11(14)17)12(16)15-5-3-10(18-2)4-6-15/h9-10H,3-8H2,1-2H3,(H2,14,17). The van der Waals surface area contributed by atoms with E-state index in [4.69, 9.17) is 18.0 Å². The molecule has 1 saturated heterocycles. The average molecular weight is 286 g/mol. The van der Waals surface area contributed by atoms with E-state index in [0.717, 1.165) is 38.8 Å². The molecule has 2 aliphatic rings. The zero-order valence-electron chi connectivity index (χ0n) is 11.1. The molecule has 2 N–H and O–H groups in total. The molecule has 1 saturated carbocycles. The highest BCUT2D eigenvalue weighted by Crippen LogP contribution is 2.47. The molecular weight excluding hydrogens is 264 g/mol. The summed E-state index contributed by atoms with van der Waals surface area (Å²) >= 11 is 7.06. The highest BCUT2D eigenvalue weighted by Gasteiger charge is 2.52. The second kappa shape index (κ2) is 5.37. The molecule has 0 spiro atoms. The number of hydrogen-bond acceptors (Lipinski definition) is 3. The average Bonchev–Trinajstić information content (AvgIpc) is 2.33. The zero-order valence-corrected chi connectivity index (χ0v) is 12.8. The zero-order chi connectivity index (χ0) is 13.3. The van der Waals surface area contributed by atoms with Gasteiger partial charge in [0.25, 0.3) is 0 Å². The summed E-state index contributed by atoms with van der Waals surface area (Å²) in [5, 5.41) is 0.704. The van der Waals surface area contributed by atoms with Crippen molar-refractivity contribution in [3.8, 4) is 0 Å². The molecule has 0 aromatic carbocycles. The number of amides is 1. The van der Waals surface area contributed by atoms with Gasteiger partial charge in [-0.05, 0) is 37.9 Å². The fraction of sp³-hybridized carbons (Fsp3) is 0.846. The minimum atomic E-state index is -0.513. The van der Waals surface area contributed by atoms with Gasteiger partial charge in [0.2, 0.25) is 5.91 Å². The van der Waals surface area contributed by atoms with Gasteiger partial charge in [0.1, 0.15) is 0 Å². The molecule has 1 aliphatic heterocycles. The van der Waals surface area contributed by atoms with Crippen molar-refractivity contribution in [2.75, 3.05) is 19.3 Å². The molecule has 1 heterocycles. The Bertz CT molecular complexity index is 345. The topological polar surface area (TPSA) is 46.3 Å². The number of nitrogens with zero attached hydrogens (tertiary/aromatic N) is 1. The first-order valence-electron chi connectivity index (χ1n) is 6.61. The number of thiocarbonyl (C=S) groups is 1. The van der Waals surface area contributed by atoms with Gasteiger partial charge in [0.15, 0.2) is 0 Å². The molecular formula is C13H22N2OS2. The van der Waals surface area contributed by atoms with Crippen LogP contribution in [-0.4, -0.2) is 40.4 Å². The van der Waals surface area contributed by atoms with E-state index in [0.29, 0.717) is 16.2 Å². The maximum absolute atomic E-state index is 12.6. The van der Waals surface area contributed by atoms with Crippen molar-refractivity contribution in [1.82, 2.24) is 4.90 Å². The molecule has 18 heavy (non-hydrogen) atoms. The van der Waals surface area contributed by atoms with Crippen LogP contribution in [-0.2, 0) is 4.79 Å². The molecule has 102 valence electrons. The van der Waals surface area contributed by atoms with Crippen LogP contribution in [0.25, 0.3) is 0 Å². The van der Waals surface area contributed by atoms with Crippen LogP contribution in [0.15, 0.2) is 0 Å². The van der Waals surface area contributed by atoms with E-state index in [9.17, 15) is 4.79 Å². The lowest BCUT2D eigenvalue weighted by molar-refractivity contribution is -0.144. The van der Waals surface area contributed by atoms with Crippen molar-refractivity contribution in [3.05, 3.63) is 0 Å². The maximum atomic E-state index is 12.6. The second-order valence-corrected chi connectivity index (χ2v) is 7.26. The van der Waals surface area contributed by atoms with Gasteiger partial charge in [0, 0.05) is 18.3 Å². The first kappa shape index (κ1) is 14.1. The van der Waals surface area contributed by atoms with Crippen molar-refractivity contribution in [1.29, 1.82) is 0 Å². The molecule has 0 atom stereocenters. The monoisotopic (exact) mass is 286 g/mol. The van der Waals surface area contributed by atoms with Crippen LogP contribution < -0.4 is 5.73 Å². The summed E-state index contributed by atoms with van der Waals surface area (Å²) in [6.45, 7) is 3.88. The lowest BCUT2D eigenvalue weighted by Crippen LogP contribution is -2.58. The summed E-state index contributed by atoms with van der Waals surface area (Å²) in [5.41, 5.74) is 5.32. The predicted molar refractivity (Wildman–Crippen MR) is 80.7 cm³/mol. The Labute approximate surface area is 119 Å². The SMILES string of the molecule is CSC1CCN(C(=O)C2(C(N)=S)CC(C)C2)CC1. The van der Waals surface area contributed by atoms with E-state index < -0.39 is 5.41 Å². The third-order valence-corrected chi connectivity index (χ3v) is 5.87. The summed E-state index contributed by atoms with van der Waals surface area (Å²) in [6.07, 6.45) is 6.01. The molecule has 5 heteroatoms. The van der Waals surface area contributed by atoms with E-state index in [-0.39, 0.29) is 5.91 Å². The third kappa shape index (κ3) is 2.39. The van der Waals surface area contributed by atoms with Gasteiger partial charge in [-0.2, -0.15) is 11.8 Å². The fourth-order valence-corrected chi connectivity index (χ4v) is 4.14. The Kier molecular flexibility index (Phi) is 4.22. The number of nitrogens with two attached hydrogens (primary N) is 1. The van der Waals surface area contributed by atoms with E-state index in [1.165, 1.54) is 0 Å². The number of carbonyl (C=O) groups is 1. The van der Waals surface area contributed by atoms with Crippen LogP contribution in [0.4, 0.5) is 0 Å². The Morgan fingerprint density at radius 3 is 2.33 bits per heavy atom.